The van der Waals surface area contributed by atoms with E-state index in [1.54, 1.807) is 0 Å². The molecule has 0 aliphatic carbocycles. The van der Waals surface area contributed by atoms with E-state index in [2.05, 4.69) is 96.7 Å². The predicted molar refractivity (Wildman–Crippen MR) is 162 cm³/mol. The average molecular weight is 573 g/mol. The quantitative estimate of drug-likeness (QED) is 0.233. The van der Waals surface area contributed by atoms with Gasteiger partial charge >= 0.3 is 0 Å². The van der Waals surface area contributed by atoms with Crippen LogP contribution in [0.3, 0.4) is 0 Å². The standard InChI is InChI=1S/C32H40N6O4/c1-37(2,19-5-7-21-39-31-17-23-41-35-31)25-27-9-13-29(14-10-27)33-34-30-15-11-28(12-16-30)26-38(3,4)20-6-8-22-40-32-18-24-42-36-32/h9-16H,17-26H2,1-4H3/q+2. The van der Waals surface area contributed by atoms with Crippen LogP contribution in [0.1, 0.15) is 24.0 Å². The van der Waals surface area contributed by atoms with Crippen LogP contribution in [0, 0.1) is 23.7 Å². The van der Waals surface area contributed by atoms with Crippen molar-refractivity contribution < 1.29 is 28.1 Å². The molecule has 0 aromatic heterocycles. The van der Waals surface area contributed by atoms with Crippen LogP contribution in [0.15, 0.2) is 69.1 Å². The summed E-state index contributed by atoms with van der Waals surface area (Å²) >= 11 is 0. The molecule has 0 bridgehead atoms. The van der Waals surface area contributed by atoms with E-state index in [4.69, 9.17) is 19.1 Å². The molecule has 2 aliphatic rings. The van der Waals surface area contributed by atoms with Gasteiger partial charge in [-0.2, -0.15) is 10.2 Å². The zero-order chi connectivity index (χ0) is 29.7. The maximum absolute atomic E-state index is 5.47. The van der Waals surface area contributed by atoms with Gasteiger partial charge in [-0.15, -0.1) is 0 Å². The molecule has 2 heterocycles. The highest BCUT2D eigenvalue weighted by atomic mass is 16.7. The number of azo groups is 1. The van der Waals surface area contributed by atoms with Gasteiger partial charge in [-0.1, -0.05) is 46.4 Å². The molecule has 0 radical (unpaired) electrons. The first kappa shape index (κ1) is 30.6. The van der Waals surface area contributed by atoms with Crippen molar-refractivity contribution in [1.29, 1.82) is 0 Å². The maximum atomic E-state index is 5.47. The van der Waals surface area contributed by atoms with E-state index in [9.17, 15) is 0 Å². The van der Waals surface area contributed by atoms with Crippen LogP contribution >= 0.6 is 0 Å². The molecule has 2 aromatic carbocycles. The smallest absolute Gasteiger partial charge is 0.230 e. The van der Waals surface area contributed by atoms with Crippen molar-refractivity contribution in [2.75, 3.05) is 67.7 Å². The minimum atomic E-state index is 0.335. The van der Waals surface area contributed by atoms with Crippen molar-refractivity contribution in [2.24, 2.45) is 20.5 Å². The molecule has 0 unspecified atom stereocenters. The summed E-state index contributed by atoms with van der Waals surface area (Å²) in [5.74, 6) is 13.8. The summed E-state index contributed by atoms with van der Waals surface area (Å²) in [6.45, 7) is 4.99. The number of nitrogens with zero attached hydrogens (tertiary/aromatic N) is 6. The predicted octanol–water partition coefficient (Wildman–Crippen LogP) is 4.76. The Balaban J connectivity index is 1.19. The van der Waals surface area contributed by atoms with E-state index >= 15 is 0 Å². The van der Waals surface area contributed by atoms with Crippen LogP contribution in [0.2, 0.25) is 0 Å². The Kier molecular flexibility index (Phi) is 10.9. The lowest BCUT2D eigenvalue weighted by Crippen LogP contribution is -2.39. The largest absolute Gasteiger partial charge is 0.465 e. The van der Waals surface area contributed by atoms with E-state index in [1.807, 2.05) is 24.3 Å². The number of hydrogen-bond acceptors (Lipinski definition) is 8. The summed E-state index contributed by atoms with van der Waals surface area (Å²) in [5.41, 5.74) is 4.07. The van der Waals surface area contributed by atoms with Gasteiger partial charge in [0.2, 0.25) is 11.8 Å². The Morgan fingerprint density at radius 3 is 1.40 bits per heavy atom. The van der Waals surface area contributed by atoms with Crippen LogP contribution in [-0.2, 0) is 32.2 Å². The van der Waals surface area contributed by atoms with Gasteiger partial charge in [0.25, 0.3) is 0 Å². The first-order valence-electron chi connectivity index (χ1n) is 14.0. The Bertz CT molecular complexity index is 1280. The molecule has 0 saturated carbocycles. The van der Waals surface area contributed by atoms with Crippen molar-refractivity contribution in [3.63, 3.8) is 0 Å². The topological polar surface area (TPSA) is 86.4 Å². The zero-order valence-corrected chi connectivity index (χ0v) is 25.0. The molecule has 0 fully saturated rings. The molecule has 0 saturated heterocycles. The lowest BCUT2D eigenvalue weighted by molar-refractivity contribution is -0.896. The van der Waals surface area contributed by atoms with Crippen LogP contribution in [-0.4, -0.2) is 88.5 Å². The number of hydrogen-bond donors (Lipinski definition) is 0. The minimum absolute atomic E-state index is 0.335. The van der Waals surface area contributed by atoms with Gasteiger partial charge in [0, 0.05) is 11.1 Å². The van der Waals surface area contributed by atoms with Gasteiger partial charge in [-0.25, -0.2) is 0 Å². The molecule has 42 heavy (non-hydrogen) atoms. The number of rotatable bonds is 10. The van der Waals surface area contributed by atoms with Gasteiger partial charge in [0.15, 0.2) is 13.2 Å². The monoisotopic (exact) mass is 572 g/mol. The Labute approximate surface area is 248 Å². The van der Waals surface area contributed by atoms with Crippen molar-refractivity contribution >= 4 is 23.2 Å². The van der Waals surface area contributed by atoms with E-state index in [1.165, 1.54) is 11.1 Å². The second-order valence-electron chi connectivity index (χ2n) is 11.5. The second-order valence-corrected chi connectivity index (χ2v) is 11.5. The van der Waals surface area contributed by atoms with E-state index in [-0.39, 0.29) is 0 Å². The maximum Gasteiger partial charge on any atom is 0.230 e. The summed E-state index contributed by atoms with van der Waals surface area (Å²) in [6.07, 6.45) is 1.43. The van der Waals surface area contributed by atoms with Crippen molar-refractivity contribution in [1.82, 2.24) is 0 Å². The molecule has 10 heteroatoms. The second kappa shape index (κ2) is 15.0. The Hall–Kier alpha value is -4.38. The number of ether oxygens (including phenoxy) is 2. The molecule has 2 aliphatic heterocycles. The average Bonchev–Trinajstić information content (AvgIpc) is 3.67. The SMILES string of the molecule is C[N+](C)(CC#CCOC1=NOCC1)Cc1ccc(N=Nc2ccc(C[N+](C)(C)CC#CCOC3=NOCC3)cc2)cc1. The molecule has 10 nitrogen and oxygen atoms in total. The summed E-state index contributed by atoms with van der Waals surface area (Å²) in [4.78, 5) is 9.83. The highest BCUT2D eigenvalue weighted by Gasteiger charge is 2.16. The number of benzene rings is 2. The van der Waals surface area contributed by atoms with Gasteiger partial charge in [-0.3, -0.25) is 0 Å². The van der Waals surface area contributed by atoms with Gasteiger partial charge in [-0.05, 0) is 36.1 Å². The first-order valence-corrected chi connectivity index (χ1v) is 14.0. The third-order valence-corrected chi connectivity index (χ3v) is 6.41. The van der Waals surface area contributed by atoms with Gasteiger partial charge in [0.1, 0.15) is 39.4 Å². The van der Waals surface area contributed by atoms with Crippen LogP contribution < -0.4 is 0 Å². The minimum Gasteiger partial charge on any atom is -0.465 e. The van der Waals surface area contributed by atoms with Crippen LogP contribution in [0.25, 0.3) is 0 Å². The van der Waals surface area contributed by atoms with Crippen molar-refractivity contribution in [3.8, 4) is 23.7 Å². The van der Waals surface area contributed by atoms with Crippen molar-refractivity contribution in [3.05, 3.63) is 59.7 Å². The highest BCUT2D eigenvalue weighted by Crippen LogP contribution is 2.21. The van der Waals surface area contributed by atoms with E-state index in [0.29, 0.717) is 51.1 Å². The van der Waals surface area contributed by atoms with Gasteiger partial charge < -0.3 is 28.1 Å². The van der Waals surface area contributed by atoms with E-state index in [0.717, 1.165) is 46.5 Å². The van der Waals surface area contributed by atoms with Crippen LogP contribution in [0.5, 0.6) is 0 Å². The molecule has 220 valence electrons. The third kappa shape index (κ3) is 10.9. The summed E-state index contributed by atoms with van der Waals surface area (Å²) in [7, 11) is 8.64. The number of quaternary nitrogens is 2. The lowest BCUT2D eigenvalue weighted by atomic mass is 10.2. The summed E-state index contributed by atoms with van der Waals surface area (Å²) in [5, 5.41) is 16.5. The van der Waals surface area contributed by atoms with Gasteiger partial charge in [0.05, 0.1) is 52.4 Å². The highest BCUT2D eigenvalue weighted by molar-refractivity contribution is 5.77. The Morgan fingerprint density at radius 1 is 0.643 bits per heavy atom. The zero-order valence-electron chi connectivity index (χ0n) is 25.0. The number of oxime groups is 2. The fraction of sp³-hybridized carbons (Fsp3) is 0.438. The molecule has 2 aromatic rings. The normalized spacial score (nSPS) is 14.6. The lowest BCUT2D eigenvalue weighted by Gasteiger charge is -2.27. The fourth-order valence-corrected chi connectivity index (χ4v) is 4.22. The molecule has 0 spiro atoms. The molecule has 0 N–H and O–H groups in total. The fourth-order valence-electron chi connectivity index (χ4n) is 4.22. The summed E-state index contributed by atoms with van der Waals surface area (Å²) in [6, 6.07) is 16.4. The molecular formula is C32H40N6O4+2. The van der Waals surface area contributed by atoms with E-state index < -0.39 is 0 Å². The third-order valence-electron chi connectivity index (χ3n) is 6.41. The van der Waals surface area contributed by atoms with Crippen molar-refractivity contribution in [2.45, 2.75) is 25.9 Å². The summed E-state index contributed by atoms with van der Waals surface area (Å²) < 4.78 is 12.4. The molecule has 0 atom stereocenters. The van der Waals surface area contributed by atoms with Crippen LogP contribution in [0.4, 0.5) is 11.4 Å². The molecule has 4 rings (SSSR count). The molecular weight excluding hydrogens is 532 g/mol. The Morgan fingerprint density at radius 2 is 1.05 bits per heavy atom. The first-order chi connectivity index (χ1) is 20.3. The molecule has 0 amide bonds.